The summed E-state index contributed by atoms with van der Waals surface area (Å²) in [5.74, 6) is 2.33. The van der Waals surface area contributed by atoms with Crippen LogP contribution in [-0.2, 0) is 0 Å². The molecule has 2 aromatic carbocycles. The van der Waals surface area contributed by atoms with Crippen molar-refractivity contribution in [2.45, 2.75) is 19.8 Å². The monoisotopic (exact) mass is 267 g/mol. The highest BCUT2D eigenvalue weighted by Gasteiger charge is 2.08. The summed E-state index contributed by atoms with van der Waals surface area (Å²) in [6.45, 7) is 4.26. The molecule has 0 atom stereocenters. The average Bonchev–Trinajstić information content (AvgIpc) is 2.47. The van der Waals surface area contributed by atoms with Crippen LogP contribution < -0.4 is 9.47 Å². The number of rotatable bonds is 4. The minimum Gasteiger partial charge on any atom is -0.497 e. The Labute approximate surface area is 119 Å². The molecular formula is C17H17NO2. The van der Waals surface area contributed by atoms with E-state index in [1.54, 1.807) is 25.3 Å². The van der Waals surface area contributed by atoms with E-state index in [1.807, 2.05) is 18.2 Å². The molecule has 0 aromatic heterocycles. The van der Waals surface area contributed by atoms with Gasteiger partial charge in [-0.25, -0.2) is 0 Å². The second-order valence-electron chi connectivity index (χ2n) is 4.80. The molecule has 0 fully saturated rings. The lowest BCUT2D eigenvalue weighted by molar-refractivity contribution is 0.408. The number of hydrogen-bond donors (Lipinski definition) is 0. The molecule has 0 spiro atoms. The molecule has 0 saturated carbocycles. The zero-order chi connectivity index (χ0) is 14.5. The molecule has 0 unspecified atom stereocenters. The maximum absolute atomic E-state index is 9.13. The van der Waals surface area contributed by atoms with Gasteiger partial charge in [0.15, 0.2) is 0 Å². The van der Waals surface area contributed by atoms with E-state index in [0.29, 0.717) is 23.0 Å². The van der Waals surface area contributed by atoms with Crippen molar-refractivity contribution < 1.29 is 9.47 Å². The third-order valence-electron chi connectivity index (χ3n) is 3.06. The van der Waals surface area contributed by atoms with Crippen molar-refractivity contribution in [2.24, 2.45) is 0 Å². The Balaban J connectivity index is 2.34. The summed E-state index contributed by atoms with van der Waals surface area (Å²) in [4.78, 5) is 0. The van der Waals surface area contributed by atoms with E-state index in [2.05, 4.69) is 26.0 Å². The van der Waals surface area contributed by atoms with Crippen LogP contribution in [0.2, 0.25) is 0 Å². The van der Waals surface area contributed by atoms with Crippen molar-refractivity contribution in [1.82, 2.24) is 0 Å². The summed E-state index contributed by atoms with van der Waals surface area (Å²) in [7, 11) is 1.59. The fourth-order valence-corrected chi connectivity index (χ4v) is 1.87. The van der Waals surface area contributed by atoms with Gasteiger partial charge < -0.3 is 9.47 Å². The maximum atomic E-state index is 9.13. The molecule has 0 radical (unpaired) electrons. The van der Waals surface area contributed by atoms with Gasteiger partial charge in [0, 0.05) is 6.07 Å². The SMILES string of the molecule is COc1ccc(C#N)c(Oc2cccc(C(C)C)c2)c1. The number of hydrogen-bond acceptors (Lipinski definition) is 3. The summed E-state index contributed by atoms with van der Waals surface area (Å²) in [6, 6.07) is 15.2. The molecule has 0 aliphatic carbocycles. The lowest BCUT2D eigenvalue weighted by Gasteiger charge is -2.11. The Morgan fingerprint density at radius 3 is 2.50 bits per heavy atom. The summed E-state index contributed by atoms with van der Waals surface area (Å²) < 4.78 is 11.0. The van der Waals surface area contributed by atoms with Crippen LogP contribution in [0.4, 0.5) is 0 Å². The van der Waals surface area contributed by atoms with Gasteiger partial charge in [-0.1, -0.05) is 26.0 Å². The quantitative estimate of drug-likeness (QED) is 0.820. The number of benzene rings is 2. The Morgan fingerprint density at radius 1 is 1.05 bits per heavy atom. The molecule has 0 aliphatic heterocycles. The van der Waals surface area contributed by atoms with E-state index in [4.69, 9.17) is 14.7 Å². The van der Waals surface area contributed by atoms with Crippen LogP contribution in [0.1, 0.15) is 30.9 Å². The van der Waals surface area contributed by atoms with Crippen molar-refractivity contribution in [2.75, 3.05) is 7.11 Å². The van der Waals surface area contributed by atoms with Gasteiger partial charge in [0.25, 0.3) is 0 Å². The Morgan fingerprint density at radius 2 is 1.85 bits per heavy atom. The predicted molar refractivity (Wildman–Crippen MR) is 78.3 cm³/mol. The van der Waals surface area contributed by atoms with Gasteiger partial charge in [-0.2, -0.15) is 5.26 Å². The van der Waals surface area contributed by atoms with Crippen LogP contribution in [-0.4, -0.2) is 7.11 Å². The number of methoxy groups -OCH3 is 1. The lowest BCUT2D eigenvalue weighted by Crippen LogP contribution is -1.92. The highest BCUT2D eigenvalue weighted by atomic mass is 16.5. The molecule has 2 aromatic rings. The summed E-state index contributed by atoms with van der Waals surface area (Å²) in [5, 5.41) is 9.13. The summed E-state index contributed by atoms with van der Waals surface area (Å²) in [6.07, 6.45) is 0. The first-order valence-electron chi connectivity index (χ1n) is 6.50. The number of ether oxygens (including phenoxy) is 2. The molecule has 2 rings (SSSR count). The third-order valence-corrected chi connectivity index (χ3v) is 3.06. The first-order valence-corrected chi connectivity index (χ1v) is 6.50. The van der Waals surface area contributed by atoms with Gasteiger partial charge in [0.2, 0.25) is 0 Å². The van der Waals surface area contributed by atoms with Crippen molar-refractivity contribution >= 4 is 0 Å². The van der Waals surface area contributed by atoms with E-state index in [-0.39, 0.29) is 0 Å². The molecule has 0 aliphatic rings. The second kappa shape index (κ2) is 6.12. The Hall–Kier alpha value is -2.47. The molecule has 102 valence electrons. The second-order valence-corrected chi connectivity index (χ2v) is 4.80. The minimum absolute atomic E-state index is 0.430. The van der Waals surface area contributed by atoms with Crippen LogP contribution in [0, 0.1) is 11.3 Å². The first-order chi connectivity index (χ1) is 9.63. The van der Waals surface area contributed by atoms with E-state index in [9.17, 15) is 0 Å². The molecule has 0 N–H and O–H groups in total. The van der Waals surface area contributed by atoms with Gasteiger partial charge in [0.1, 0.15) is 23.3 Å². The van der Waals surface area contributed by atoms with Crippen LogP contribution in [0.3, 0.4) is 0 Å². The summed E-state index contributed by atoms with van der Waals surface area (Å²) in [5.41, 5.74) is 1.68. The predicted octanol–water partition coefficient (Wildman–Crippen LogP) is 4.48. The van der Waals surface area contributed by atoms with Crippen molar-refractivity contribution in [3.05, 3.63) is 53.6 Å². The topological polar surface area (TPSA) is 42.2 Å². The highest BCUT2D eigenvalue weighted by molar-refractivity contribution is 5.49. The molecule has 3 nitrogen and oxygen atoms in total. The summed E-state index contributed by atoms with van der Waals surface area (Å²) >= 11 is 0. The van der Waals surface area contributed by atoms with E-state index in [0.717, 1.165) is 5.75 Å². The molecule has 0 amide bonds. The van der Waals surface area contributed by atoms with Gasteiger partial charge in [-0.15, -0.1) is 0 Å². The van der Waals surface area contributed by atoms with Crippen LogP contribution >= 0.6 is 0 Å². The first kappa shape index (κ1) is 14.0. The van der Waals surface area contributed by atoms with Crippen molar-refractivity contribution in [3.8, 4) is 23.3 Å². The van der Waals surface area contributed by atoms with Gasteiger partial charge in [0.05, 0.1) is 12.7 Å². The van der Waals surface area contributed by atoms with Crippen LogP contribution in [0.5, 0.6) is 17.2 Å². The van der Waals surface area contributed by atoms with Gasteiger partial charge in [-0.3, -0.25) is 0 Å². The zero-order valence-electron chi connectivity index (χ0n) is 11.9. The Bertz CT molecular complexity index is 642. The van der Waals surface area contributed by atoms with E-state index < -0.39 is 0 Å². The fraction of sp³-hybridized carbons (Fsp3) is 0.235. The molecule has 20 heavy (non-hydrogen) atoms. The Kier molecular flexibility index (Phi) is 4.27. The highest BCUT2D eigenvalue weighted by Crippen LogP contribution is 2.30. The molecule has 0 bridgehead atoms. The van der Waals surface area contributed by atoms with Crippen LogP contribution in [0.15, 0.2) is 42.5 Å². The normalized spacial score (nSPS) is 10.2. The average molecular weight is 267 g/mol. The van der Waals surface area contributed by atoms with Crippen molar-refractivity contribution in [1.29, 1.82) is 5.26 Å². The van der Waals surface area contributed by atoms with E-state index in [1.165, 1.54) is 5.56 Å². The smallest absolute Gasteiger partial charge is 0.148 e. The number of nitrogens with zero attached hydrogens (tertiary/aromatic N) is 1. The van der Waals surface area contributed by atoms with Gasteiger partial charge in [-0.05, 0) is 35.7 Å². The number of nitriles is 1. The molecule has 0 saturated heterocycles. The largest absolute Gasteiger partial charge is 0.497 e. The van der Waals surface area contributed by atoms with Crippen LogP contribution in [0.25, 0.3) is 0 Å². The fourth-order valence-electron chi connectivity index (χ4n) is 1.87. The molecule has 3 heteroatoms. The van der Waals surface area contributed by atoms with E-state index >= 15 is 0 Å². The standard InChI is InChI=1S/C17H17NO2/c1-12(2)13-5-4-6-16(9-13)20-17-10-15(19-3)8-7-14(17)11-18/h4-10,12H,1-3H3. The molecule has 0 heterocycles. The van der Waals surface area contributed by atoms with Gasteiger partial charge >= 0.3 is 0 Å². The third kappa shape index (κ3) is 3.10. The molecular weight excluding hydrogens is 250 g/mol. The minimum atomic E-state index is 0.430. The lowest BCUT2D eigenvalue weighted by atomic mass is 10.0. The maximum Gasteiger partial charge on any atom is 0.148 e. The zero-order valence-corrected chi connectivity index (χ0v) is 11.9. The van der Waals surface area contributed by atoms with Crippen molar-refractivity contribution in [3.63, 3.8) is 0 Å².